The SMILES string of the molecule is NCCCC(O)c1cscn1. The topological polar surface area (TPSA) is 59.1 Å². The lowest BCUT2D eigenvalue weighted by Crippen LogP contribution is -2.03. The normalized spacial score (nSPS) is 13.3. The van der Waals surface area contributed by atoms with Crippen LogP contribution in [0.15, 0.2) is 10.9 Å². The predicted octanol–water partition coefficient (Wildman–Crippen LogP) is 0.915. The van der Waals surface area contributed by atoms with Crippen molar-refractivity contribution in [3.8, 4) is 0 Å². The molecule has 1 atom stereocenters. The summed E-state index contributed by atoms with van der Waals surface area (Å²) >= 11 is 1.50. The van der Waals surface area contributed by atoms with Crippen molar-refractivity contribution >= 4 is 11.3 Å². The van der Waals surface area contributed by atoms with E-state index >= 15 is 0 Å². The number of nitrogens with zero attached hydrogens (tertiary/aromatic N) is 1. The smallest absolute Gasteiger partial charge is 0.0968 e. The van der Waals surface area contributed by atoms with E-state index < -0.39 is 6.10 Å². The molecular weight excluding hydrogens is 160 g/mol. The van der Waals surface area contributed by atoms with Crippen LogP contribution in [0.1, 0.15) is 24.6 Å². The average molecular weight is 172 g/mol. The van der Waals surface area contributed by atoms with Gasteiger partial charge in [-0.2, -0.15) is 0 Å². The zero-order valence-electron chi connectivity index (χ0n) is 6.23. The second-order valence-electron chi connectivity index (χ2n) is 2.36. The second kappa shape index (κ2) is 4.43. The van der Waals surface area contributed by atoms with Crippen molar-refractivity contribution in [2.75, 3.05) is 6.54 Å². The number of aliphatic hydroxyl groups is 1. The third-order valence-corrected chi connectivity index (χ3v) is 2.08. The van der Waals surface area contributed by atoms with E-state index in [1.807, 2.05) is 5.38 Å². The number of aliphatic hydroxyl groups excluding tert-OH is 1. The fraction of sp³-hybridized carbons (Fsp3) is 0.571. The van der Waals surface area contributed by atoms with Crippen molar-refractivity contribution in [1.29, 1.82) is 0 Å². The molecule has 0 aromatic carbocycles. The molecule has 62 valence electrons. The summed E-state index contributed by atoms with van der Waals surface area (Å²) in [7, 11) is 0. The Bertz CT molecular complexity index is 188. The van der Waals surface area contributed by atoms with E-state index in [-0.39, 0.29) is 0 Å². The van der Waals surface area contributed by atoms with Gasteiger partial charge in [0.05, 0.1) is 17.3 Å². The van der Waals surface area contributed by atoms with Crippen LogP contribution in [0.4, 0.5) is 0 Å². The van der Waals surface area contributed by atoms with Gasteiger partial charge in [0.1, 0.15) is 0 Å². The number of hydrogen-bond acceptors (Lipinski definition) is 4. The van der Waals surface area contributed by atoms with Gasteiger partial charge in [0.2, 0.25) is 0 Å². The molecular formula is C7H12N2OS. The van der Waals surface area contributed by atoms with Gasteiger partial charge in [-0.3, -0.25) is 0 Å². The van der Waals surface area contributed by atoms with Gasteiger partial charge in [-0.05, 0) is 19.4 Å². The molecule has 0 spiro atoms. The molecule has 1 unspecified atom stereocenters. The van der Waals surface area contributed by atoms with Crippen LogP contribution in [0.2, 0.25) is 0 Å². The molecule has 0 aliphatic carbocycles. The van der Waals surface area contributed by atoms with Crippen molar-refractivity contribution in [2.24, 2.45) is 5.73 Å². The molecule has 0 aliphatic rings. The van der Waals surface area contributed by atoms with Gasteiger partial charge in [-0.25, -0.2) is 4.98 Å². The van der Waals surface area contributed by atoms with Gasteiger partial charge >= 0.3 is 0 Å². The van der Waals surface area contributed by atoms with Gasteiger partial charge < -0.3 is 10.8 Å². The first kappa shape index (κ1) is 8.64. The summed E-state index contributed by atoms with van der Waals surface area (Å²) in [6.07, 6.45) is 1.13. The van der Waals surface area contributed by atoms with Gasteiger partial charge in [0, 0.05) is 5.38 Å². The van der Waals surface area contributed by atoms with E-state index in [4.69, 9.17) is 5.73 Å². The Labute approximate surface area is 69.9 Å². The third-order valence-electron chi connectivity index (χ3n) is 1.47. The Morgan fingerprint density at radius 1 is 1.73 bits per heavy atom. The first-order valence-electron chi connectivity index (χ1n) is 3.61. The van der Waals surface area contributed by atoms with Crippen LogP contribution in [0.25, 0.3) is 0 Å². The lowest BCUT2D eigenvalue weighted by molar-refractivity contribution is 0.161. The summed E-state index contributed by atoms with van der Waals surface area (Å²) < 4.78 is 0. The first-order chi connectivity index (χ1) is 5.34. The van der Waals surface area contributed by atoms with Crippen molar-refractivity contribution in [3.05, 3.63) is 16.6 Å². The number of rotatable bonds is 4. The zero-order chi connectivity index (χ0) is 8.10. The van der Waals surface area contributed by atoms with Crippen molar-refractivity contribution in [2.45, 2.75) is 18.9 Å². The largest absolute Gasteiger partial charge is 0.387 e. The molecule has 0 saturated heterocycles. The molecule has 4 heteroatoms. The minimum atomic E-state index is -0.426. The van der Waals surface area contributed by atoms with Crippen LogP contribution in [-0.2, 0) is 0 Å². The Morgan fingerprint density at radius 3 is 3.09 bits per heavy atom. The van der Waals surface area contributed by atoms with Crippen LogP contribution in [-0.4, -0.2) is 16.6 Å². The highest BCUT2D eigenvalue weighted by molar-refractivity contribution is 7.07. The standard InChI is InChI=1S/C7H12N2OS/c8-3-1-2-7(10)6-4-11-5-9-6/h4-5,7,10H,1-3,8H2. The molecule has 11 heavy (non-hydrogen) atoms. The highest BCUT2D eigenvalue weighted by Gasteiger charge is 2.07. The molecule has 3 N–H and O–H groups in total. The van der Waals surface area contributed by atoms with E-state index in [0.717, 1.165) is 12.1 Å². The molecule has 1 rings (SSSR count). The number of aromatic nitrogens is 1. The molecule has 0 saturated carbocycles. The maximum atomic E-state index is 9.43. The minimum Gasteiger partial charge on any atom is -0.387 e. The van der Waals surface area contributed by atoms with Crippen LogP contribution in [0.3, 0.4) is 0 Å². The van der Waals surface area contributed by atoms with Crippen molar-refractivity contribution < 1.29 is 5.11 Å². The Hall–Kier alpha value is -0.450. The second-order valence-corrected chi connectivity index (χ2v) is 3.08. The molecule has 0 radical (unpaired) electrons. The molecule has 0 bridgehead atoms. The van der Waals surface area contributed by atoms with Crippen LogP contribution >= 0.6 is 11.3 Å². The fourth-order valence-electron chi connectivity index (χ4n) is 0.846. The molecule has 3 nitrogen and oxygen atoms in total. The molecule has 1 heterocycles. The summed E-state index contributed by atoms with van der Waals surface area (Å²) in [6.45, 7) is 0.626. The number of nitrogens with two attached hydrogens (primary N) is 1. The molecule has 0 aliphatic heterocycles. The molecule has 1 aromatic heterocycles. The average Bonchev–Trinajstić information content (AvgIpc) is 2.52. The first-order valence-corrected chi connectivity index (χ1v) is 4.55. The van der Waals surface area contributed by atoms with Crippen LogP contribution in [0.5, 0.6) is 0 Å². The molecule has 1 aromatic rings. The van der Waals surface area contributed by atoms with Crippen molar-refractivity contribution in [3.63, 3.8) is 0 Å². The summed E-state index contributed by atoms with van der Waals surface area (Å²) in [5.74, 6) is 0. The quantitative estimate of drug-likeness (QED) is 0.710. The number of hydrogen-bond donors (Lipinski definition) is 2. The third kappa shape index (κ3) is 2.57. The van der Waals surface area contributed by atoms with E-state index in [2.05, 4.69) is 4.98 Å². The van der Waals surface area contributed by atoms with Gasteiger partial charge in [-0.15, -0.1) is 11.3 Å². The summed E-state index contributed by atoms with van der Waals surface area (Å²) in [6, 6.07) is 0. The zero-order valence-corrected chi connectivity index (χ0v) is 7.05. The summed E-state index contributed by atoms with van der Waals surface area (Å²) in [4.78, 5) is 4.00. The van der Waals surface area contributed by atoms with Crippen LogP contribution in [0, 0.1) is 0 Å². The van der Waals surface area contributed by atoms with E-state index in [1.54, 1.807) is 5.51 Å². The Balaban J connectivity index is 2.36. The maximum Gasteiger partial charge on any atom is 0.0968 e. The highest BCUT2D eigenvalue weighted by Crippen LogP contribution is 2.16. The van der Waals surface area contributed by atoms with Gasteiger partial charge in [0.25, 0.3) is 0 Å². The lowest BCUT2D eigenvalue weighted by atomic mass is 10.1. The monoisotopic (exact) mass is 172 g/mol. The lowest BCUT2D eigenvalue weighted by Gasteiger charge is -2.04. The predicted molar refractivity (Wildman–Crippen MR) is 45.4 cm³/mol. The van der Waals surface area contributed by atoms with E-state index in [0.29, 0.717) is 13.0 Å². The van der Waals surface area contributed by atoms with E-state index in [9.17, 15) is 5.11 Å². The van der Waals surface area contributed by atoms with Crippen LogP contribution < -0.4 is 5.73 Å². The Morgan fingerprint density at radius 2 is 2.55 bits per heavy atom. The van der Waals surface area contributed by atoms with E-state index in [1.165, 1.54) is 11.3 Å². The molecule has 0 amide bonds. The Kier molecular flexibility index (Phi) is 3.48. The molecule has 0 fully saturated rings. The summed E-state index contributed by atoms with van der Waals surface area (Å²) in [5.41, 5.74) is 7.79. The van der Waals surface area contributed by atoms with Gasteiger partial charge in [0.15, 0.2) is 0 Å². The van der Waals surface area contributed by atoms with Crippen molar-refractivity contribution in [1.82, 2.24) is 4.98 Å². The minimum absolute atomic E-state index is 0.426. The summed E-state index contributed by atoms with van der Waals surface area (Å²) in [5, 5.41) is 11.3. The maximum absolute atomic E-state index is 9.43. The fourth-order valence-corrected chi connectivity index (χ4v) is 1.45. The highest BCUT2D eigenvalue weighted by atomic mass is 32.1. The van der Waals surface area contributed by atoms with Gasteiger partial charge in [-0.1, -0.05) is 0 Å². The number of thiazole rings is 1.